The molecule has 2 aliphatic carbocycles. The first kappa shape index (κ1) is 17.9. The van der Waals surface area contributed by atoms with Gasteiger partial charge in [-0.05, 0) is 38.5 Å². The van der Waals surface area contributed by atoms with E-state index in [2.05, 4.69) is 15.4 Å². The average Bonchev–Trinajstić information content (AvgIpc) is 3.20. The molecule has 0 unspecified atom stereocenters. The highest BCUT2D eigenvalue weighted by molar-refractivity contribution is 5.96. The number of carboxylic acid groups (broad SMARTS) is 1. The molecule has 25 heavy (non-hydrogen) atoms. The summed E-state index contributed by atoms with van der Waals surface area (Å²) in [6, 6.07) is 0.331. The van der Waals surface area contributed by atoms with Gasteiger partial charge in [0.2, 0.25) is 0 Å². The number of aromatic nitrogens is 1. The van der Waals surface area contributed by atoms with E-state index in [1.54, 1.807) is 6.92 Å². The number of carboxylic acids is 1. The molecule has 0 aromatic carbocycles. The molecule has 0 saturated heterocycles. The van der Waals surface area contributed by atoms with Crippen LogP contribution in [0, 0.1) is 12.8 Å². The van der Waals surface area contributed by atoms with Crippen LogP contribution in [-0.2, 0) is 4.79 Å². The van der Waals surface area contributed by atoms with E-state index in [9.17, 15) is 9.59 Å². The molecule has 1 aromatic heterocycles. The van der Waals surface area contributed by atoms with E-state index in [1.165, 1.54) is 12.8 Å². The van der Waals surface area contributed by atoms with Crippen molar-refractivity contribution in [1.29, 1.82) is 0 Å². The van der Waals surface area contributed by atoms with E-state index in [4.69, 9.17) is 9.63 Å². The number of rotatable bonds is 8. The molecule has 7 nitrogen and oxygen atoms in total. The maximum absolute atomic E-state index is 12.6. The van der Waals surface area contributed by atoms with Gasteiger partial charge in [-0.15, -0.1) is 0 Å². The number of aryl methyl sites for hydroxylation is 1. The number of carbonyl (C=O) groups is 2. The van der Waals surface area contributed by atoms with Crippen molar-refractivity contribution >= 4 is 11.9 Å². The molecule has 2 fully saturated rings. The number of hydrogen-bond donors (Lipinski definition) is 2. The molecule has 3 rings (SSSR count). The molecule has 0 spiro atoms. The summed E-state index contributed by atoms with van der Waals surface area (Å²) in [5.74, 6) is 0.446. The smallest absolute Gasteiger partial charge is 0.317 e. The zero-order chi connectivity index (χ0) is 18.1. The van der Waals surface area contributed by atoms with Crippen molar-refractivity contribution in [1.82, 2.24) is 15.4 Å². The van der Waals surface area contributed by atoms with Gasteiger partial charge >= 0.3 is 5.97 Å². The third-order valence-corrected chi connectivity index (χ3v) is 5.13. The van der Waals surface area contributed by atoms with Gasteiger partial charge in [-0.3, -0.25) is 14.5 Å². The number of hydrogen-bond acceptors (Lipinski definition) is 5. The largest absolute Gasteiger partial charge is 0.480 e. The minimum Gasteiger partial charge on any atom is -0.480 e. The molecule has 2 N–H and O–H groups in total. The first-order chi connectivity index (χ1) is 11.8. The average molecular weight is 349 g/mol. The molecule has 0 bridgehead atoms. The zero-order valence-corrected chi connectivity index (χ0v) is 15.1. The highest BCUT2D eigenvalue weighted by Gasteiger charge is 2.38. The molecular weight excluding hydrogens is 322 g/mol. The summed E-state index contributed by atoms with van der Waals surface area (Å²) in [6.07, 6.45) is 4.00. The van der Waals surface area contributed by atoms with E-state index in [1.807, 2.05) is 13.8 Å². The minimum absolute atomic E-state index is 0.0855. The Bertz CT molecular complexity index is 645. The van der Waals surface area contributed by atoms with Crippen molar-refractivity contribution < 1.29 is 19.2 Å². The van der Waals surface area contributed by atoms with Crippen molar-refractivity contribution in [3.05, 3.63) is 17.0 Å². The molecule has 2 saturated carbocycles. The third-order valence-electron chi connectivity index (χ3n) is 5.13. The van der Waals surface area contributed by atoms with Crippen LogP contribution in [0.5, 0.6) is 0 Å². The fourth-order valence-electron chi connectivity index (χ4n) is 3.47. The second-order valence-electron chi connectivity index (χ2n) is 7.72. The predicted octanol–water partition coefficient (Wildman–Crippen LogP) is 2.16. The number of nitrogens with zero attached hydrogens (tertiary/aromatic N) is 2. The Morgan fingerprint density at radius 3 is 2.60 bits per heavy atom. The van der Waals surface area contributed by atoms with Gasteiger partial charge in [-0.2, -0.15) is 0 Å². The Morgan fingerprint density at radius 2 is 2.04 bits per heavy atom. The second kappa shape index (κ2) is 7.15. The number of aliphatic carboxylic acids is 1. The summed E-state index contributed by atoms with van der Waals surface area (Å²) >= 11 is 0. The highest BCUT2D eigenvalue weighted by atomic mass is 16.5. The van der Waals surface area contributed by atoms with E-state index >= 15 is 0 Å². The van der Waals surface area contributed by atoms with Gasteiger partial charge in [0.15, 0.2) is 5.76 Å². The lowest BCUT2D eigenvalue weighted by atomic mass is 9.85. The summed E-state index contributed by atoms with van der Waals surface area (Å²) in [4.78, 5) is 25.7. The van der Waals surface area contributed by atoms with Crippen LogP contribution in [0.4, 0.5) is 0 Å². The summed E-state index contributed by atoms with van der Waals surface area (Å²) in [5.41, 5.74) is 1.15. The molecule has 2 aliphatic rings. The van der Waals surface area contributed by atoms with E-state index in [0.717, 1.165) is 19.4 Å². The fraction of sp³-hybridized carbons (Fsp3) is 0.722. The lowest BCUT2D eigenvalue weighted by Crippen LogP contribution is -2.55. The summed E-state index contributed by atoms with van der Waals surface area (Å²) in [7, 11) is 0. The fourth-order valence-corrected chi connectivity index (χ4v) is 3.47. The van der Waals surface area contributed by atoms with Gasteiger partial charge in [0, 0.05) is 24.5 Å². The van der Waals surface area contributed by atoms with Crippen molar-refractivity contribution in [2.45, 2.75) is 64.5 Å². The van der Waals surface area contributed by atoms with E-state index < -0.39 is 5.97 Å². The minimum atomic E-state index is -0.783. The molecule has 1 amide bonds. The third kappa shape index (κ3) is 4.21. The Hall–Kier alpha value is -1.89. The molecule has 138 valence electrons. The Kier molecular flexibility index (Phi) is 5.13. The molecule has 0 atom stereocenters. The SMILES string of the molecule is Cc1noc(C(C)C)c1C(=O)NC1CC(N(CC(=O)O)CC2CC2)C1. The van der Waals surface area contributed by atoms with E-state index in [0.29, 0.717) is 22.9 Å². The van der Waals surface area contributed by atoms with Crippen LogP contribution in [0.3, 0.4) is 0 Å². The van der Waals surface area contributed by atoms with Gasteiger partial charge in [-0.25, -0.2) is 0 Å². The standard InChI is InChI=1S/C18H27N3O4/c1-10(2)17-16(11(3)20-25-17)18(24)19-13-6-14(7-13)21(9-15(22)23)8-12-4-5-12/h10,12-14H,4-9H2,1-3H3,(H,19,24)(H,22,23). The van der Waals surface area contributed by atoms with Gasteiger partial charge < -0.3 is 14.9 Å². The lowest BCUT2D eigenvalue weighted by Gasteiger charge is -2.42. The van der Waals surface area contributed by atoms with Gasteiger partial charge in [-0.1, -0.05) is 19.0 Å². The Labute approximate surface area is 147 Å². The van der Waals surface area contributed by atoms with Gasteiger partial charge in [0.05, 0.1) is 12.2 Å². The second-order valence-corrected chi connectivity index (χ2v) is 7.72. The van der Waals surface area contributed by atoms with Crippen LogP contribution in [-0.4, -0.2) is 52.2 Å². The number of carbonyl (C=O) groups excluding carboxylic acids is 1. The van der Waals surface area contributed by atoms with Crippen LogP contribution < -0.4 is 5.32 Å². The van der Waals surface area contributed by atoms with Crippen LogP contribution in [0.2, 0.25) is 0 Å². The highest BCUT2D eigenvalue weighted by Crippen LogP contribution is 2.34. The Morgan fingerprint density at radius 1 is 1.36 bits per heavy atom. The topological polar surface area (TPSA) is 95.7 Å². The number of nitrogens with one attached hydrogen (secondary N) is 1. The molecule has 1 heterocycles. The van der Waals surface area contributed by atoms with Gasteiger partial charge in [0.25, 0.3) is 5.91 Å². The summed E-state index contributed by atoms with van der Waals surface area (Å²) in [6.45, 7) is 6.66. The first-order valence-corrected chi connectivity index (χ1v) is 9.08. The maximum Gasteiger partial charge on any atom is 0.317 e. The van der Waals surface area contributed by atoms with Crippen LogP contribution in [0.15, 0.2) is 4.52 Å². The molecule has 7 heteroatoms. The normalized spacial score (nSPS) is 22.9. The maximum atomic E-state index is 12.6. The monoisotopic (exact) mass is 349 g/mol. The first-order valence-electron chi connectivity index (χ1n) is 9.08. The Balaban J connectivity index is 1.55. The van der Waals surface area contributed by atoms with Crippen molar-refractivity contribution in [2.75, 3.05) is 13.1 Å². The predicted molar refractivity (Wildman–Crippen MR) is 91.5 cm³/mol. The van der Waals surface area contributed by atoms with Crippen LogP contribution >= 0.6 is 0 Å². The van der Waals surface area contributed by atoms with Crippen LogP contribution in [0.1, 0.15) is 67.3 Å². The van der Waals surface area contributed by atoms with Crippen LogP contribution in [0.25, 0.3) is 0 Å². The van der Waals surface area contributed by atoms with Crippen molar-refractivity contribution in [3.63, 3.8) is 0 Å². The quantitative estimate of drug-likeness (QED) is 0.747. The number of amides is 1. The molecular formula is C18H27N3O4. The molecule has 1 aromatic rings. The molecule has 0 radical (unpaired) electrons. The van der Waals surface area contributed by atoms with Gasteiger partial charge in [0.1, 0.15) is 5.56 Å². The zero-order valence-electron chi connectivity index (χ0n) is 15.1. The lowest BCUT2D eigenvalue weighted by molar-refractivity contribution is -0.139. The molecule has 0 aliphatic heterocycles. The van der Waals surface area contributed by atoms with Crippen molar-refractivity contribution in [3.8, 4) is 0 Å². The van der Waals surface area contributed by atoms with Crippen molar-refractivity contribution in [2.24, 2.45) is 5.92 Å². The van der Waals surface area contributed by atoms with E-state index in [-0.39, 0.29) is 30.5 Å². The summed E-state index contributed by atoms with van der Waals surface area (Å²) < 4.78 is 5.28. The summed E-state index contributed by atoms with van der Waals surface area (Å²) in [5, 5.41) is 16.1.